The van der Waals surface area contributed by atoms with Crippen molar-refractivity contribution in [1.29, 1.82) is 0 Å². The molecule has 3 nitrogen and oxygen atoms in total. The number of carbonyl (C=O) groups excluding carboxylic acids is 2. The summed E-state index contributed by atoms with van der Waals surface area (Å²) in [6.45, 7) is 0.474. The third-order valence-corrected chi connectivity index (χ3v) is 5.11. The first-order valence-corrected chi connectivity index (χ1v) is 8.76. The van der Waals surface area contributed by atoms with Gasteiger partial charge in [0.25, 0.3) is 11.1 Å². The van der Waals surface area contributed by atoms with Crippen LogP contribution >= 0.6 is 23.1 Å². The van der Waals surface area contributed by atoms with Crippen LogP contribution in [-0.2, 0) is 11.2 Å². The van der Waals surface area contributed by atoms with Gasteiger partial charge in [-0.05, 0) is 47.7 Å². The SMILES string of the molecule is O=C1S/C(=C/c2cccs2)C(=O)N1CCCc1ccccc1. The molecular formula is C17H15NO2S2. The first-order chi connectivity index (χ1) is 10.7. The molecule has 2 aromatic rings. The molecule has 0 aliphatic carbocycles. The number of aryl methyl sites for hydroxylation is 1. The monoisotopic (exact) mass is 329 g/mol. The number of benzene rings is 1. The molecule has 1 saturated heterocycles. The van der Waals surface area contributed by atoms with Crippen LogP contribution in [0.15, 0.2) is 52.7 Å². The van der Waals surface area contributed by atoms with E-state index in [2.05, 4.69) is 12.1 Å². The fourth-order valence-corrected chi connectivity index (χ4v) is 3.87. The molecule has 22 heavy (non-hydrogen) atoms. The van der Waals surface area contributed by atoms with Crippen molar-refractivity contribution >= 4 is 40.3 Å². The van der Waals surface area contributed by atoms with E-state index in [9.17, 15) is 9.59 Å². The van der Waals surface area contributed by atoms with Crippen molar-refractivity contribution in [2.75, 3.05) is 6.54 Å². The lowest BCUT2D eigenvalue weighted by Gasteiger charge is -2.11. The van der Waals surface area contributed by atoms with Gasteiger partial charge < -0.3 is 0 Å². The number of nitrogens with zero attached hydrogens (tertiary/aromatic N) is 1. The van der Waals surface area contributed by atoms with Gasteiger partial charge in [-0.3, -0.25) is 14.5 Å². The van der Waals surface area contributed by atoms with Gasteiger partial charge in [0.2, 0.25) is 0 Å². The van der Waals surface area contributed by atoms with E-state index in [4.69, 9.17) is 0 Å². The van der Waals surface area contributed by atoms with Gasteiger partial charge in [0, 0.05) is 11.4 Å². The third-order valence-electron chi connectivity index (χ3n) is 3.38. The summed E-state index contributed by atoms with van der Waals surface area (Å²) in [5.41, 5.74) is 1.23. The number of thioether (sulfide) groups is 1. The van der Waals surface area contributed by atoms with Crippen LogP contribution in [-0.4, -0.2) is 22.6 Å². The topological polar surface area (TPSA) is 37.4 Å². The standard InChI is InChI=1S/C17H15NO2S2/c19-16-15(12-14-9-5-11-21-14)22-17(20)18(16)10-4-8-13-6-2-1-3-7-13/h1-3,5-7,9,11-12H,4,8,10H2/b15-12+. The lowest BCUT2D eigenvalue weighted by atomic mass is 10.1. The Morgan fingerprint density at radius 1 is 1.05 bits per heavy atom. The predicted octanol–water partition coefficient (Wildman–Crippen LogP) is 4.42. The van der Waals surface area contributed by atoms with Gasteiger partial charge in [-0.1, -0.05) is 36.4 Å². The summed E-state index contributed by atoms with van der Waals surface area (Å²) in [5, 5.41) is 1.79. The number of imide groups is 1. The summed E-state index contributed by atoms with van der Waals surface area (Å²) >= 11 is 2.59. The van der Waals surface area contributed by atoms with Gasteiger partial charge in [-0.2, -0.15) is 0 Å². The molecule has 0 saturated carbocycles. The summed E-state index contributed by atoms with van der Waals surface area (Å²) in [6, 6.07) is 14.0. The second-order valence-electron chi connectivity index (χ2n) is 4.94. The maximum Gasteiger partial charge on any atom is 0.293 e. The molecule has 0 radical (unpaired) electrons. The number of thiophene rings is 1. The van der Waals surface area contributed by atoms with Crippen molar-refractivity contribution in [3.05, 3.63) is 63.2 Å². The maximum atomic E-state index is 12.3. The highest BCUT2D eigenvalue weighted by molar-refractivity contribution is 8.18. The van der Waals surface area contributed by atoms with Gasteiger partial charge >= 0.3 is 0 Å². The highest BCUT2D eigenvalue weighted by Crippen LogP contribution is 2.33. The summed E-state index contributed by atoms with van der Waals surface area (Å²) in [4.78, 5) is 27.2. The molecule has 1 aromatic carbocycles. The molecule has 2 amide bonds. The van der Waals surface area contributed by atoms with Gasteiger partial charge in [0.15, 0.2) is 0 Å². The number of carbonyl (C=O) groups is 2. The van der Waals surface area contributed by atoms with E-state index in [1.807, 2.05) is 35.7 Å². The fraction of sp³-hybridized carbons (Fsp3) is 0.176. The van der Waals surface area contributed by atoms with Crippen molar-refractivity contribution in [1.82, 2.24) is 4.90 Å². The quantitative estimate of drug-likeness (QED) is 0.762. The minimum Gasteiger partial charge on any atom is -0.268 e. The van der Waals surface area contributed by atoms with Crippen LogP contribution in [0.1, 0.15) is 16.9 Å². The van der Waals surface area contributed by atoms with Gasteiger partial charge in [-0.25, -0.2) is 0 Å². The molecule has 0 bridgehead atoms. The fourth-order valence-electron chi connectivity index (χ4n) is 2.28. The smallest absolute Gasteiger partial charge is 0.268 e. The first kappa shape index (κ1) is 15.1. The van der Waals surface area contributed by atoms with Crippen LogP contribution in [0, 0.1) is 0 Å². The van der Waals surface area contributed by atoms with Crippen molar-refractivity contribution in [3.8, 4) is 0 Å². The Morgan fingerprint density at radius 2 is 1.86 bits per heavy atom. The van der Waals surface area contributed by atoms with Crippen molar-refractivity contribution in [2.45, 2.75) is 12.8 Å². The van der Waals surface area contributed by atoms with Crippen LogP contribution in [0.25, 0.3) is 6.08 Å². The Hall–Kier alpha value is -1.85. The zero-order valence-electron chi connectivity index (χ0n) is 11.9. The molecule has 1 aliphatic heterocycles. The molecule has 0 unspecified atom stereocenters. The zero-order valence-corrected chi connectivity index (χ0v) is 13.5. The summed E-state index contributed by atoms with van der Waals surface area (Å²) in [7, 11) is 0. The number of hydrogen-bond donors (Lipinski definition) is 0. The molecule has 112 valence electrons. The Kier molecular flexibility index (Phi) is 4.75. The lowest BCUT2D eigenvalue weighted by Crippen LogP contribution is -2.29. The second-order valence-corrected chi connectivity index (χ2v) is 6.91. The summed E-state index contributed by atoms with van der Waals surface area (Å²) in [5.74, 6) is -0.170. The number of hydrogen-bond acceptors (Lipinski definition) is 4. The average molecular weight is 329 g/mol. The molecule has 5 heteroatoms. The van der Waals surface area contributed by atoms with E-state index in [0.717, 1.165) is 29.5 Å². The molecule has 0 spiro atoms. The van der Waals surface area contributed by atoms with E-state index in [-0.39, 0.29) is 11.1 Å². The van der Waals surface area contributed by atoms with Crippen molar-refractivity contribution in [2.24, 2.45) is 0 Å². The lowest BCUT2D eigenvalue weighted by molar-refractivity contribution is -0.122. The molecule has 2 heterocycles. The number of rotatable bonds is 5. The molecule has 1 fully saturated rings. The van der Waals surface area contributed by atoms with Crippen molar-refractivity contribution < 1.29 is 9.59 Å². The number of amides is 2. The Bertz CT molecular complexity index is 693. The highest BCUT2D eigenvalue weighted by Gasteiger charge is 2.34. The first-order valence-electron chi connectivity index (χ1n) is 7.07. The van der Waals surface area contributed by atoms with E-state index < -0.39 is 0 Å². The minimum atomic E-state index is -0.170. The minimum absolute atomic E-state index is 0.166. The molecule has 3 rings (SSSR count). The van der Waals surface area contributed by atoms with E-state index in [1.54, 1.807) is 17.4 Å². The van der Waals surface area contributed by atoms with Gasteiger partial charge in [-0.15, -0.1) is 11.3 Å². The molecule has 0 N–H and O–H groups in total. The summed E-state index contributed by atoms with van der Waals surface area (Å²) in [6.07, 6.45) is 3.45. The third kappa shape index (κ3) is 3.48. The Balaban J connectivity index is 1.60. The Labute approximate surface area is 137 Å². The largest absolute Gasteiger partial charge is 0.293 e. The average Bonchev–Trinajstić information content (AvgIpc) is 3.12. The molecule has 0 atom stereocenters. The predicted molar refractivity (Wildman–Crippen MR) is 91.8 cm³/mol. The van der Waals surface area contributed by atoms with Gasteiger partial charge in [0.05, 0.1) is 4.91 Å². The highest BCUT2D eigenvalue weighted by atomic mass is 32.2. The second kappa shape index (κ2) is 6.94. The van der Waals surface area contributed by atoms with Crippen LogP contribution in [0.4, 0.5) is 4.79 Å². The van der Waals surface area contributed by atoms with Crippen LogP contribution in [0.5, 0.6) is 0 Å². The molecule has 1 aliphatic rings. The van der Waals surface area contributed by atoms with Crippen molar-refractivity contribution in [3.63, 3.8) is 0 Å². The van der Waals surface area contributed by atoms with Crippen LogP contribution in [0.3, 0.4) is 0 Å². The van der Waals surface area contributed by atoms with Gasteiger partial charge in [0.1, 0.15) is 0 Å². The van der Waals surface area contributed by atoms with E-state index in [0.29, 0.717) is 11.4 Å². The Morgan fingerprint density at radius 3 is 2.59 bits per heavy atom. The maximum absolute atomic E-state index is 12.3. The normalized spacial score (nSPS) is 16.7. The van der Waals surface area contributed by atoms with E-state index >= 15 is 0 Å². The zero-order chi connectivity index (χ0) is 15.4. The molecular weight excluding hydrogens is 314 g/mol. The molecule has 1 aromatic heterocycles. The van der Waals surface area contributed by atoms with Crippen LogP contribution < -0.4 is 0 Å². The van der Waals surface area contributed by atoms with E-state index in [1.165, 1.54) is 10.5 Å². The summed E-state index contributed by atoms with van der Waals surface area (Å²) < 4.78 is 0. The van der Waals surface area contributed by atoms with Crippen LogP contribution in [0.2, 0.25) is 0 Å².